The molecule has 1 aliphatic heterocycles. The molecule has 1 saturated heterocycles. The van der Waals surface area contributed by atoms with E-state index in [4.69, 9.17) is 10.8 Å². The molecule has 5 nitrogen and oxygen atoms in total. The number of nitrogen functional groups attached to an aromatic ring is 1. The maximum atomic E-state index is 13.8. The number of aliphatic hydroxyl groups excluding tert-OH is 1. The molecule has 0 bridgehead atoms. The van der Waals surface area contributed by atoms with E-state index in [1.165, 1.54) is 0 Å². The van der Waals surface area contributed by atoms with Crippen LogP contribution in [0.3, 0.4) is 0 Å². The van der Waals surface area contributed by atoms with Crippen LogP contribution in [0.2, 0.25) is 0 Å². The van der Waals surface area contributed by atoms with Gasteiger partial charge in [0.2, 0.25) is 10.0 Å². The van der Waals surface area contributed by atoms with Crippen LogP contribution in [0, 0.1) is 11.6 Å². The fraction of sp³-hybridized carbons (Fsp3) is 0.455. The molecule has 1 heterocycles. The highest BCUT2D eigenvalue weighted by Crippen LogP contribution is 2.30. The molecule has 0 spiro atoms. The Balaban J connectivity index is 2.48. The highest BCUT2D eigenvalue weighted by atomic mass is 32.2. The number of nitrogens with zero attached hydrogens (tertiary/aromatic N) is 1. The average Bonchev–Trinajstić information content (AvgIpc) is 2.84. The molecule has 1 aromatic rings. The molecule has 0 saturated carbocycles. The summed E-state index contributed by atoms with van der Waals surface area (Å²) < 4.78 is 52.5. The molecule has 0 radical (unpaired) electrons. The number of anilines is 1. The van der Waals surface area contributed by atoms with Gasteiger partial charge in [-0.2, -0.15) is 4.31 Å². The first kappa shape index (κ1) is 14.2. The van der Waals surface area contributed by atoms with Crippen molar-refractivity contribution in [1.82, 2.24) is 4.31 Å². The highest BCUT2D eigenvalue weighted by Gasteiger charge is 2.37. The molecule has 19 heavy (non-hydrogen) atoms. The summed E-state index contributed by atoms with van der Waals surface area (Å²) in [5.74, 6) is -2.29. The molecule has 8 heteroatoms. The van der Waals surface area contributed by atoms with Gasteiger partial charge < -0.3 is 10.8 Å². The van der Waals surface area contributed by atoms with Gasteiger partial charge in [0, 0.05) is 12.6 Å². The summed E-state index contributed by atoms with van der Waals surface area (Å²) >= 11 is 0. The molecule has 0 aromatic heterocycles. The molecule has 0 unspecified atom stereocenters. The van der Waals surface area contributed by atoms with Crippen molar-refractivity contribution in [3.63, 3.8) is 0 Å². The van der Waals surface area contributed by atoms with Crippen molar-refractivity contribution < 1.29 is 22.3 Å². The monoisotopic (exact) mass is 292 g/mol. The maximum absolute atomic E-state index is 13.8. The molecule has 3 N–H and O–H groups in total. The van der Waals surface area contributed by atoms with Crippen molar-refractivity contribution in [3.8, 4) is 0 Å². The SMILES string of the molecule is Nc1c(F)ccc(S(=O)(=O)N2CCC[C@H]2CO)c1F. The average molecular weight is 292 g/mol. The zero-order chi connectivity index (χ0) is 14.2. The van der Waals surface area contributed by atoms with Crippen molar-refractivity contribution in [2.24, 2.45) is 0 Å². The highest BCUT2D eigenvalue weighted by molar-refractivity contribution is 7.89. The van der Waals surface area contributed by atoms with Gasteiger partial charge in [-0.25, -0.2) is 17.2 Å². The van der Waals surface area contributed by atoms with E-state index in [2.05, 4.69) is 0 Å². The van der Waals surface area contributed by atoms with Crippen LogP contribution in [-0.2, 0) is 10.0 Å². The minimum atomic E-state index is -4.12. The van der Waals surface area contributed by atoms with Crippen LogP contribution in [0.5, 0.6) is 0 Å². The molecular formula is C11H14F2N2O3S. The number of aliphatic hydroxyl groups is 1. The molecule has 1 aliphatic rings. The summed E-state index contributed by atoms with van der Waals surface area (Å²) in [7, 11) is -4.12. The summed E-state index contributed by atoms with van der Waals surface area (Å²) in [6, 6.07) is 1.09. The Kier molecular flexibility index (Phi) is 3.75. The molecule has 1 atom stereocenters. The Bertz CT molecular complexity index is 592. The molecule has 1 aromatic carbocycles. The van der Waals surface area contributed by atoms with Crippen LogP contribution >= 0.6 is 0 Å². The van der Waals surface area contributed by atoms with E-state index in [0.29, 0.717) is 12.8 Å². The van der Waals surface area contributed by atoms with Gasteiger partial charge in [-0.15, -0.1) is 0 Å². The standard InChI is InChI=1S/C11H14F2N2O3S/c12-8-3-4-9(10(13)11(8)14)19(17,18)15-5-1-2-7(15)6-16/h3-4,7,16H,1-2,5-6,14H2/t7-/m0/s1. The van der Waals surface area contributed by atoms with E-state index in [0.717, 1.165) is 16.4 Å². The van der Waals surface area contributed by atoms with Crippen molar-refractivity contribution in [2.45, 2.75) is 23.8 Å². The van der Waals surface area contributed by atoms with Crippen LogP contribution in [0.25, 0.3) is 0 Å². The number of halogens is 2. The van der Waals surface area contributed by atoms with Crippen molar-refractivity contribution in [1.29, 1.82) is 0 Å². The molecule has 0 aliphatic carbocycles. The van der Waals surface area contributed by atoms with Gasteiger partial charge in [0.1, 0.15) is 16.4 Å². The van der Waals surface area contributed by atoms with Crippen LogP contribution in [0.1, 0.15) is 12.8 Å². The molecule has 106 valence electrons. The van der Waals surface area contributed by atoms with Gasteiger partial charge in [0.15, 0.2) is 5.82 Å². The van der Waals surface area contributed by atoms with Gasteiger partial charge in [0.25, 0.3) is 0 Å². The first-order valence-electron chi connectivity index (χ1n) is 5.75. The Morgan fingerprint density at radius 3 is 2.74 bits per heavy atom. The minimum Gasteiger partial charge on any atom is -0.395 e. The lowest BCUT2D eigenvalue weighted by molar-refractivity contribution is 0.213. The van der Waals surface area contributed by atoms with Gasteiger partial charge in [-0.05, 0) is 25.0 Å². The zero-order valence-electron chi connectivity index (χ0n) is 10.0. The number of sulfonamides is 1. The Morgan fingerprint density at radius 1 is 1.42 bits per heavy atom. The van der Waals surface area contributed by atoms with Gasteiger partial charge in [0.05, 0.1) is 6.61 Å². The fourth-order valence-corrected chi connectivity index (χ4v) is 3.95. The van der Waals surface area contributed by atoms with Crippen LogP contribution in [0.15, 0.2) is 17.0 Å². The molecular weight excluding hydrogens is 278 g/mol. The second-order valence-corrected chi connectivity index (χ2v) is 6.23. The molecule has 2 rings (SSSR count). The summed E-state index contributed by atoms with van der Waals surface area (Å²) in [5, 5.41) is 9.13. The third-order valence-corrected chi connectivity index (χ3v) is 5.18. The Hall–Kier alpha value is -1.25. The van der Waals surface area contributed by atoms with Gasteiger partial charge >= 0.3 is 0 Å². The summed E-state index contributed by atoms with van der Waals surface area (Å²) in [6.07, 6.45) is 1.09. The van der Waals surface area contributed by atoms with Crippen molar-refractivity contribution >= 4 is 15.7 Å². The summed E-state index contributed by atoms with van der Waals surface area (Å²) in [4.78, 5) is -0.660. The van der Waals surface area contributed by atoms with E-state index in [1.54, 1.807) is 0 Å². The lowest BCUT2D eigenvalue weighted by Crippen LogP contribution is -2.38. The van der Waals surface area contributed by atoms with Crippen molar-refractivity contribution in [3.05, 3.63) is 23.8 Å². The zero-order valence-corrected chi connectivity index (χ0v) is 10.8. The van der Waals surface area contributed by atoms with Crippen LogP contribution in [-0.4, -0.2) is 37.0 Å². The smallest absolute Gasteiger partial charge is 0.246 e. The number of hydrogen-bond acceptors (Lipinski definition) is 4. The van der Waals surface area contributed by atoms with E-state index in [-0.39, 0.29) is 13.2 Å². The third kappa shape index (κ3) is 2.31. The Morgan fingerprint density at radius 2 is 2.11 bits per heavy atom. The fourth-order valence-electron chi connectivity index (χ4n) is 2.18. The van der Waals surface area contributed by atoms with Crippen molar-refractivity contribution in [2.75, 3.05) is 18.9 Å². The molecule has 1 fully saturated rings. The third-order valence-electron chi connectivity index (χ3n) is 3.21. The normalized spacial score (nSPS) is 20.9. The van der Waals surface area contributed by atoms with Gasteiger partial charge in [-0.3, -0.25) is 0 Å². The lowest BCUT2D eigenvalue weighted by atomic mass is 10.2. The minimum absolute atomic E-state index is 0.199. The topological polar surface area (TPSA) is 83.6 Å². The van der Waals surface area contributed by atoms with Gasteiger partial charge in [-0.1, -0.05) is 0 Å². The second-order valence-electron chi connectivity index (χ2n) is 4.37. The first-order chi connectivity index (χ1) is 8.89. The predicted octanol–water partition coefficient (Wildman–Crippen LogP) is 0.692. The van der Waals surface area contributed by atoms with Crippen LogP contribution < -0.4 is 5.73 Å². The van der Waals surface area contributed by atoms with E-state index in [9.17, 15) is 17.2 Å². The number of nitrogens with two attached hydrogens (primary N) is 1. The predicted molar refractivity (Wildman–Crippen MR) is 64.8 cm³/mol. The summed E-state index contributed by atoms with van der Waals surface area (Å²) in [6.45, 7) is -0.137. The van der Waals surface area contributed by atoms with E-state index in [1.807, 2.05) is 0 Å². The Labute approximate surface area is 109 Å². The quantitative estimate of drug-likeness (QED) is 0.803. The lowest BCUT2D eigenvalue weighted by Gasteiger charge is -2.22. The second kappa shape index (κ2) is 5.03. The van der Waals surface area contributed by atoms with E-state index < -0.39 is 38.3 Å². The first-order valence-corrected chi connectivity index (χ1v) is 7.19. The molecule has 0 amide bonds. The van der Waals surface area contributed by atoms with Crippen LogP contribution in [0.4, 0.5) is 14.5 Å². The number of benzene rings is 1. The number of rotatable bonds is 3. The maximum Gasteiger partial charge on any atom is 0.246 e. The number of hydrogen-bond donors (Lipinski definition) is 2. The summed E-state index contributed by atoms with van der Waals surface area (Å²) in [5.41, 5.74) is 4.34. The largest absolute Gasteiger partial charge is 0.395 e. The van der Waals surface area contributed by atoms with E-state index >= 15 is 0 Å².